The lowest BCUT2D eigenvalue weighted by Crippen LogP contribution is -2.36. The van der Waals surface area contributed by atoms with E-state index in [1.807, 2.05) is 36.4 Å². The van der Waals surface area contributed by atoms with E-state index in [2.05, 4.69) is 30.3 Å². The maximum atomic E-state index is 12.5. The molecule has 3 heteroatoms. The van der Waals surface area contributed by atoms with Crippen LogP contribution in [-0.2, 0) is 0 Å². The van der Waals surface area contributed by atoms with Crippen LogP contribution in [0.15, 0.2) is 72.8 Å². The van der Waals surface area contributed by atoms with Gasteiger partial charge in [-0.1, -0.05) is 54.6 Å². The van der Waals surface area contributed by atoms with Gasteiger partial charge in [-0.05, 0) is 45.5 Å². The third-order valence-corrected chi connectivity index (χ3v) is 5.17. The number of carbonyl (C=O) groups is 2. The van der Waals surface area contributed by atoms with Gasteiger partial charge in [-0.2, -0.15) is 0 Å². The highest BCUT2D eigenvalue weighted by molar-refractivity contribution is 6.26. The highest BCUT2D eigenvalue weighted by Gasteiger charge is 2.30. The SMILES string of the molecule is CN1C(=O)c2cccc3c(-c4ccc5ccccc5c4)ccc(c23)C1=O. The number of amides is 2. The highest BCUT2D eigenvalue weighted by atomic mass is 16.2. The van der Waals surface area contributed by atoms with Crippen LogP contribution in [0.3, 0.4) is 0 Å². The standard InChI is InChI=1S/C23H15NO2/c1-24-22(25)19-8-4-7-18-17(11-12-20(21(18)19)23(24)26)16-10-9-14-5-2-3-6-15(14)13-16/h2-13H,1H3. The summed E-state index contributed by atoms with van der Waals surface area (Å²) < 4.78 is 0. The minimum absolute atomic E-state index is 0.247. The molecule has 1 aliphatic heterocycles. The molecule has 2 amide bonds. The molecule has 0 saturated heterocycles. The Morgan fingerprint density at radius 3 is 2.15 bits per heavy atom. The average Bonchev–Trinajstić information content (AvgIpc) is 2.69. The van der Waals surface area contributed by atoms with E-state index in [1.165, 1.54) is 17.3 Å². The Balaban J connectivity index is 1.83. The van der Waals surface area contributed by atoms with Crippen LogP contribution in [0.2, 0.25) is 0 Å². The Labute approximate surface area is 150 Å². The van der Waals surface area contributed by atoms with E-state index in [0.717, 1.165) is 27.3 Å². The summed E-state index contributed by atoms with van der Waals surface area (Å²) in [4.78, 5) is 26.3. The van der Waals surface area contributed by atoms with Crippen molar-refractivity contribution in [1.29, 1.82) is 0 Å². The van der Waals surface area contributed by atoms with E-state index in [4.69, 9.17) is 0 Å². The molecule has 0 radical (unpaired) electrons. The molecule has 0 spiro atoms. The van der Waals surface area contributed by atoms with Gasteiger partial charge in [0.15, 0.2) is 0 Å². The fourth-order valence-electron chi connectivity index (χ4n) is 3.83. The molecule has 124 valence electrons. The van der Waals surface area contributed by atoms with Gasteiger partial charge in [0.25, 0.3) is 11.8 Å². The second kappa shape index (κ2) is 5.27. The Morgan fingerprint density at radius 2 is 1.35 bits per heavy atom. The summed E-state index contributed by atoms with van der Waals surface area (Å²) in [7, 11) is 1.53. The molecule has 0 aromatic heterocycles. The van der Waals surface area contributed by atoms with Crippen LogP contribution in [-0.4, -0.2) is 23.8 Å². The molecule has 3 nitrogen and oxygen atoms in total. The number of carbonyl (C=O) groups excluding carboxylic acids is 2. The molecule has 1 heterocycles. The number of imide groups is 1. The maximum Gasteiger partial charge on any atom is 0.261 e. The largest absolute Gasteiger partial charge is 0.277 e. The van der Waals surface area contributed by atoms with E-state index in [9.17, 15) is 9.59 Å². The molecule has 0 saturated carbocycles. The molecule has 0 aliphatic carbocycles. The quantitative estimate of drug-likeness (QED) is 0.464. The lowest BCUT2D eigenvalue weighted by Gasteiger charge is -2.24. The summed E-state index contributed by atoms with van der Waals surface area (Å²) in [6, 6.07) is 24.0. The molecule has 5 rings (SSSR count). The first-order valence-electron chi connectivity index (χ1n) is 8.52. The average molecular weight is 337 g/mol. The van der Waals surface area contributed by atoms with Gasteiger partial charge in [-0.25, -0.2) is 0 Å². The Bertz CT molecular complexity index is 1220. The van der Waals surface area contributed by atoms with Crippen molar-refractivity contribution in [1.82, 2.24) is 4.90 Å². The third-order valence-electron chi connectivity index (χ3n) is 5.17. The molecule has 4 aromatic rings. The summed E-state index contributed by atoms with van der Waals surface area (Å²) >= 11 is 0. The van der Waals surface area contributed by atoms with Crippen LogP contribution in [0.25, 0.3) is 32.7 Å². The summed E-state index contributed by atoms with van der Waals surface area (Å²) in [5, 5.41) is 4.04. The van der Waals surface area contributed by atoms with Crippen molar-refractivity contribution >= 4 is 33.4 Å². The van der Waals surface area contributed by atoms with Crippen molar-refractivity contribution in [2.45, 2.75) is 0 Å². The zero-order chi connectivity index (χ0) is 17.8. The van der Waals surface area contributed by atoms with Crippen LogP contribution in [0.5, 0.6) is 0 Å². The van der Waals surface area contributed by atoms with E-state index >= 15 is 0 Å². The number of hydrogen-bond acceptors (Lipinski definition) is 2. The summed E-state index contributed by atoms with van der Waals surface area (Å²) in [5.74, 6) is -0.493. The van der Waals surface area contributed by atoms with Gasteiger partial charge < -0.3 is 0 Å². The first-order chi connectivity index (χ1) is 12.6. The number of benzene rings is 4. The van der Waals surface area contributed by atoms with E-state index < -0.39 is 0 Å². The van der Waals surface area contributed by atoms with Crippen molar-refractivity contribution in [3.8, 4) is 11.1 Å². The molecule has 1 aliphatic rings. The predicted molar refractivity (Wildman–Crippen MR) is 103 cm³/mol. The van der Waals surface area contributed by atoms with Crippen LogP contribution in [0, 0.1) is 0 Å². The van der Waals surface area contributed by atoms with E-state index in [-0.39, 0.29) is 11.8 Å². The second-order valence-electron chi connectivity index (χ2n) is 6.62. The van der Waals surface area contributed by atoms with Crippen LogP contribution < -0.4 is 0 Å². The van der Waals surface area contributed by atoms with Gasteiger partial charge in [-0.3, -0.25) is 14.5 Å². The number of rotatable bonds is 1. The van der Waals surface area contributed by atoms with Gasteiger partial charge in [0.1, 0.15) is 0 Å². The van der Waals surface area contributed by atoms with Crippen molar-refractivity contribution < 1.29 is 9.59 Å². The second-order valence-corrected chi connectivity index (χ2v) is 6.62. The summed E-state index contributed by atoms with van der Waals surface area (Å²) in [5.41, 5.74) is 3.28. The molecular weight excluding hydrogens is 322 g/mol. The first-order valence-corrected chi connectivity index (χ1v) is 8.52. The van der Waals surface area contributed by atoms with Crippen LogP contribution in [0.4, 0.5) is 0 Å². The third kappa shape index (κ3) is 1.94. The Kier molecular flexibility index (Phi) is 3.01. The minimum Gasteiger partial charge on any atom is -0.277 e. The lowest BCUT2D eigenvalue weighted by atomic mass is 9.89. The predicted octanol–water partition coefficient (Wildman–Crippen LogP) is 4.89. The number of nitrogens with zero attached hydrogens (tertiary/aromatic N) is 1. The summed E-state index contributed by atoms with van der Waals surface area (Å²) in [6.45, 7) is 0. The normalized spacial score (nSPS) is 13.7. The topological polar surface area (TPSA) is 37.4 Å². The molecular formula is C23H15NO2. The molecule has 0 atom stereocenters. The zero-order valence-corrected chi connectivity index (χ0v) is 14.2. The van der Waals surface area contributed by atoms with Crippen molar-refractivity contribution in [2.24, 2.45) is 0 Å². The summed E-state index contributed by atoms with van der Waals surface area (Å²) in [6.07, 6.45) is 0. The smallest absolute Gasteiger partial charge is 0.261 e. The Morgan fingerprint density at radius 1 is 0.654 bits per heavy atom. The Hall–Kier alpha value is -3.46. The fourth-order valence-corrected chi connectivity index (χ4v) is 3.83. The number of hydrogen-bond donors (Lipinski definition) is 0. The molecule has 0 unspecified atom stereocenters. The van der Waals surface area contributed by atoms with Crippen molar-refractivity contribution in [3.05, 3.63) is 83.9 Å². The molecule has 0 fully saturated rings. The van der Waals surface area contributed by atoms with Gasteiger partial charge in [0.05, 0.1) is 0 Å². The molecule has 26 heavy (non-hydrogen) atoms. The molecule has 0 N–H and O–H groups in total. The van der Waals surface area contributed by atoms with Gasteiger partial charge in [-0.15, -0.1) is 0 Å². The zero-order valence-electron chi connectivity index (χ0n) is 14.2. The fraction of sp³-hybridized carbons (Fsp3) is 0.0435. The lowest BCUT2D eigenvalue weighted by molar-refractivity contribution is 0.0651. The van der Waals surface area contributed by atoms with Gasteiger partial charge in [0.2, 0.25) is 0 Å². The van der Waals surface area contributed by atoms with E-state index in [0.29, 0.717) is 11.1 Å². The van der Waals surface area contributed by atoms with Gasteiger partial charge in [0, 0.05) is 23.6 Å². The maximum absolute atomic E-state index is 12.5. The van der Waals surface area contributed by atoms with Crippen LogP contribution in [0.1, 0.15) is 20.7 Å². The van der Waals surface area contributed by atoms with Crippen LogP contribution >= 0.6 is 0 Å². The van der Waals surface area contributed by atoms with E-state index in [1.54, 1.807) is 6.07 Å². The minimum atomic E-state index is -0.247. The molecule has 4 aromatic carbocycles. The highest BCUT2D eigenvalue weighted by Crippen LogP contribution is 2.36. The van der Waals surface area contributed by atoms with Crippen molar-refractivity contribution in [3.63, 3.8) is 0 Å². The number of fused-ring (bicyclic) bond motifs is 1. The van der Waals surface area contributed by atoms with Gasteiger partial charge >= 0.3 is 0 Å². The first kappa shape index (κ1) is 14.8. The molecule has 0 bridgehead atoms. The van der Waals surface area contributed by atoms with Crippen molar-refractivity contribution in [2.75, 3.05) is 7.05 Å². The monoisotopic (exact) mass is 337 g/mol.